The number of hydrogen-bond acceptors (Lipinski definition) is 7. The maximum atomic E-state index is 5.87. The lowest BCUT2D eigenvalue weighted by Crippen LogP contribution is -1.87. The van der Waals surface area contributed by atoms with E-state index in [1.165, 1.54) is 16.4 Å². The molecule has 0 aliphatic heterocycles. The highest BCUT2D eigenvalue weighted by Crippen LogP contribution is 2.31. The fourth-order valence-corrected chi connectivity index (χ4v) is 3.14. The Balaban J connectivity index is 1.74. The lowest BCUT2D eigenvalue weighted by atomic mass is 10.2. The standard InChI is InChI=1S/C13H12N4OS2/c1-8-11(12(14)20-17-8)13-15-10(16-18-13)7-19-9-5-3-2-4-6-9/h2-6H,7,14H2,1H3. The molecule has 2 heterocycles. The van der Waals surface area contributed by atoms with E-state index in [9.17, 15) is 0 Å². The van der Waals surface area contributed by atoms with Crippen LogP contribution in [-0.2, 0) is 5.75 Å². The monoisotopic (exact) mass is 304 g/mol. The molecule has 0 unspecified atom stereocenters. The van der Waals surface area contributed by atoms with Gasteiger partial charge in [-0.3, -0.25) is 0 Å². The van der Waals surface area contributed by atoms with Gasteiger partial charge in [-0.2, -0.15) is 9.36 Å². The fourth-order valence-electron chi connectivity index (χ4n) is 1.73. The van der Waals surface area contributed by atoms with Gasteiger partial charge in [-0.05, 0) is 30.6 Å². The highest BCUT2D eigenvalue weighted by atomic mass is 32.2. The van der Waals surface area contributed by atoms with Crippen molar-refractivity contribution in [2.45, 2.75) is 17.6 Å². The highest BCUT2D eigenvalue weighted by molar-refractivity contribution is 7.98. The smallest absolute Gasteiger partial charge is 0.262 e. The maximum Gasteiger partial charge on any atom is 0.262 e. The van der Waals surface area contributed by atoms with E-state index in [4.69, 9.17) is 10.3 Å². The maximum absolute atomic E-state index is 5.87. The number of anilines is 1. The lowest BCUT2D eigenvalue weighted by Gasteiger charge is -1.96. The first-order valence-corrected chi connectivity index (χ1v) is 7.72. The van der Waals surface area contributed by atoms with Crippen LogP contribution in [0.3, 0.4) is 0 Å². The number of benzene rings is 1. The van der Waals surface area contributed by atoms with E-state index < -0.39 is 0 Å². The number of nitrogens with zero attached hydrogens (tertiary/aromatic N) is 3. The minimum atomic E-state index is 0.442. The summed E-state index contributed by atoms with van der Waals surface area (Å²) in [5.74, 6) is 1.75. The molecule has 0 aliphatic rings. The van der Waals surface area contributed by atoms with Crippen LogP contribution < -0.4 is 5.73 Å². The number of nitrogens with two attached hydrogens (primary N) is 1. The van der Waals surface area contributed by atoms with Gasteiger partial charge in [0.05, 0.1) is 17.0 Å². The third-order valence-corrected chi connectivity index (χ3v) is 4.46. The van der Waals surface area contributed by atoms with E-state index in [1.807, 2.05) is 25.1 Å². The van der Waals surface area contributed by atoms with Crippen molar-refractivity contribution in [1.29, 1.82) is 0 Å². The molecule has 102 valence electrons. The fraction of sp³-hybridized carbons (Fsp3) is 0.154. The minimum Gasteiger partial charge on any atom is -0.389 e. The van der Waals surface area contributed by atoms with Crippen LogP contribution in [0.1, 0.15) is 11.5 Å². The predicted octanol–water partition coefficient (Wildman–Crippen LogP) is 3.38. The Hall–Kier alpha value is -1.86. The Bertz CT molecular complexity index is 689. The lowest BCUT2D eigenvalue weighted by molar-refractivity contribution is 0.425. The van der Waals surface area contributed by atoms with Gasteiger partial charge in [0.15, 0.2) is 5.82 Å². The van der Waals surface area contributed by atoms with Gasteiger partial charge in [0.2, 0.25) is 0 Å². The summed E-state index contributed by atoms with van der Waals surface area (Å²) in [5, 5.41) is 4.59. The number of aromatic nitrogens is 3. The molecule has 0 saturated heterocycles. The van der Waals surface area contributed by atoms with Crippen molar-refractivity contribution in [3.63, 3.8) is 0 Å². The van der Waals surface area contributed by atoms with Crippen molar-refractivity contribution in [2.75, 3.05) is 5.73 Å². The quantitative estimate of drug-likeness (QED) is 0.744. The molecule has 7 heteroatoms. The van der Waals surface area contributed by atoms with Crippen molar-refractivity contribution < 1.29 is 4.52 Å². The second kappa shape index (κ2) is 5.64. The molecule has 0 fully saturated rings. The van der Waals surface area contributed by atoms with Gasteiger partial charge in [-0.25, -0.2) is 0 Å². The van der Waals surface area contributed by atoms with E-state index in [2.05, 4.69) is 26.6 Å². The second-order valence-electron chi connectivity index (χ2n) is 4.12. The Labute approximate surface area is 124 Å². The van der Waals surface area contributed by atoms with Crippen LogP contribution in [-0.4, -0.2) is 14.5 Å². The summed E-state index contributed by atoms with van der Waals surface area (Å²) < 4.78 is 9.45. The first kappa shape index (κ1) is 13.1. The zero-order valence-electron chi connectivity index (χ0n) is 10.7. The zero-order valence-corrected chi connectivity index (χ0v) is 12.4. The van der Waals surface area contributed by atoms with Gasteiger partial charge in [0.25, 0.3) is 5.89 Å². The number of aryl methyl sites for hydroxylation is 1. The molecule has 0 saturated carbocycles. The van der Waals surface area contributed by atoms with Crippen LogP contribution in [0.2, 0.25) is 0 Å². The van der Waals surface area contributed by atoms with Crippen molar-refractivity contribution in [1.82, 2.24) is 14.5 Å². The molecule has 0 spiro atoms. The van der Waals surface area contributed by atoms with Crippen LogP contribution in [0.4, 0.5) is 5.00 Å². The number of hydrogen-bond donors (Lipinski definition) is 1. The van der Waals surface area contributed by atoms with Gasteiger partial charge >= 0.3 is 0 Å². The summed E-state index contributed by atoms with van der Waals surface area (Å²) in [6.07, 6.45) is 0. The Morgan fingerprint density at radius 2 is 2.10 bits per heavy atom. The third-order valence-electron chi connectivity index (χ3n) is 2.68. The Morgan fingerprint density at radius 1 is 1.30 bits per heavy atom. The topological polar surface area (TPSA) is 77.8 Å². The SMILES string of the molecule is Cc1nsc(N)c1-c1nc(CSc2ccccc2)no1. The zero-order chi connectivity index (χ0) is 13.9. The molecular weight excluding hydrogens is 292 g/mol. The van der Waals surface area contributed by atoms with Crippen LogP contribution >= 0.6 is 23.3 Å². The normalized spacial score (nSPS) is 10.8. The molecule has 3 rings (SSSR count). The Kier molecular flexibility index (Phi) is 3.70. The van der Waals surface area contributed by atoms with E-state index >= 15 is 0 Å². The summed E-state index contributed by atoms with van der Waals surface area (Å²) >= 11 is 2.90. The van der Waals surface area contributed by atoms with Crippen LogP contribution in [0.25, 0.3) is 11.5 Å². The van der Waals surface area contributed by atoms with E-state index in [0.29, 0.717) is 22.5 Å². The molecular formula is C13H12N4OS2. The highest BCUT2D eigenvalue weighted by Gasteiger charge is 2.17. The molecule has 3 aromatic rings. The van der Waals surface area contributed by atoms with Crippen molar-refractivity contribution in [2.24, 2.45) is 0 Å². The first-order chi connectivity index (χ1) is 9.74. The van der Waals surface area contributed by atoms with Gasteiger partial charge in [0, 0.05) is 4.90 Å². The molecule has 20 heavy (non-hydrogen) atoms. The van der Waals surface area contributed by atoms with Crippen molar-refractivity contribution in [3.05, 3.63) is 41.9 Å². The summed E-state index contributed by atoms with van der Waals surface area (Å²) in [7, 11) is 0. The number of thioether (sulfide) groups is 1. The average Bonchev–Trinajstić information content (AvgIpc) is 3.05. The predicted molar refractivity (Wildman–Crippen MR) is 80.6 cm³/mol. The van der Waals surface area contributed by atoms with Gasteiger partial charge in [-0.15, -0.1) is 11.8 Å². The van der Waals surface area contributed by atoms with Crippen LogP contribution in [0.5, 0.6) is 0 Å². The van der Waals surface area contributed by atoms with Gasteiger partial charge in [0.1, 0.15) is 5.00 Å². The summed E-state index contributed by atoms with van der Waals surface area (Å²) in [4.78, 5) is 5.55. The van der Waals surface area contributed by atoms with Crippen LogP contribution in [0.15, 0.2) is 39.8 Å². The minimum absolute atomic E-state index is 0.442. The molecule has 0 amide bonds. The molecule has 1 aromatic carbocycles. The second-order valence-corrected chi connectivity index (χ2v) is 5.98. The third kappa shape index (κ3) is 2.68. The molecule has 2 N–H and O–H groups in total. The van der Waals surface area contributed by atoms with E-state index in [-0.39, 0.29) is 0 Å². The van der Waals surface area contributed by atoms with Crippen molar-refractivity contribution in [3.8, 4) is 11.5 Å². The van der Waals surface area contributed by atoms with E-state index in [1.54, 1.807) is 11.8 Å². The average molecular weight is 304 g/mol. The molecule has 0 radical (unpaired) electrons. The van der Waals surface area contributed by atoms with Gasteiger partial charge in [-0.1, -0.05) is 23.4 Å². The molecule has 0 atom stereocenters. The summed E-state index contributed by atoms with van der Waals surface area (Å²) in [5.41, 5.74) is 7.44. The molecule has 0 aliphatic carbocycles. The molecule has 5 nitrogen and oxygen atoms in total. The summed E-state index contributed by atoms with van der Waals surface area (Å²) in [6.45, 7) is 1.88. The largest absolute Gasteiger partial charge is 0.389 e. The van der Waals surface area contributed by atoms with E-state index in [0.717, 1.165) is 11.3 Å². The first-order valence-electron chi connectivity index (χ1n) is 5.96. The Morgan fingerprint density at radius 3 is 2.80 bits per heavy atom. The molecule has 2 aromatic heterocycles. The van der Waals surface area contributed by atoms with Crippen molar-refractivity contribution >= 4 is 28.3 Å². The van der Waals surface area contributed by atoms with Gasteiger partial charge < -0.3 is 10.3 Å². The molecule has 0 bridgehead atoms. The number of rotatable bonds is 4. The summed E-state index contributed by atoms with van der Waals surface area (Å²) in [6, 6.07) is 10.1. The number of nitrogen functional groups attached to an aromatic ring is 1. The van der Waals surface area contributed by atoms with Crippen LogP contribution in [0, 0.1) is 6.92 Å².